The molecule has 2 aromatic rings. The molecule has 2 rings (SSSR count). The lowest BCUT2D eigenvalue weighted by molar-refractivity contribution is -0.120. The maximum atomic E-state index is 12.1. The van der Waals surface area contributed by atoms with Crippen molar-refractivity contribution >= 4 is 23.4 Å². The van der Waals surface area contributed by atoms with E-state index in [1.54, 1.807) is 55.5 Å². The summed E-state index contributed by atoms with van der Waals surface area (Å²) in [5.41, 5.74) is 1.67. The van der Waals surface area contributed by atoms with E-state index >= 15 is 0 Å². The molecule has 0 radical (unpaired) electrons. The summed E-state index contributed by atoms with van der Waals surface area (Å²) in [5, 5.41) is 8.19. The molecular formula is C19H21N3O3. The van der Waals surface area contributed by atoms with Gasteiger partial charge in [-0.2, -0.15) is 0 Å². The first-order valence-electron chi connectivity index (χ1n) is 8.11. The van der Waals surface area contributed by atoms with E-state index < -0.39 is 0 Å². The second-order valence-corrected chi connectivity index (χ2v) is 5.36. The van der Waals surface area contributed by atoms with Gasteiger partial charge in [0, 0.05) is 36.3 Å². The lowest BCUT2D eigenvalue weighted by Gasteiger charge is -2.08. The van der Waals surface area contributed by atoms with E-state index in [4.69, 9.17) is 0 Å². The summed E-state index contributed by atoms with van der Waals surface area (Å²) in [6, 6.07) is 15.5. The lowest BCUT2D eigenvalue weighted by atomic mass is 10.1. The average Bonchev–Trinajstić information content (AvgIpc) is 2.66. The summed E-state index contributed by atoms with van der Waals surface area (Å²) in [6.07, 6.45) is 0.421. The molecule has 130 valence electrons. The molecule has 0 atom stereocenters. The topological polar surface area (TPSA) is 87.3 Å². The minimum atomic E-state index is -0.230. The Balaban J connectivity index is 1.83. The van der Waals surface area contributed by atoms with Gasteiger partial charge in [-0.1, -0.05) is 25.1 Å². The quantitative estimate of drug-likeness (QED) is 0.676. The molecule has 0 bridgehead atoms. The molecule has 0 unspecified atom stereocenters. The zero-order valence-electron chi connectivity index (χ0n) is 14.0. The van der Waals surface area contributed by atoms with Crippen LogP contribution < -0.4 is 16.0 Å². The second kappa shape index (κ2) is 9.22. The van der Waals surface area contributed by atoms with Crippen LogP contribution in [0, 0.1) is 0 Å². The fourth-order valence-corrected chi connectivity index (χ4v) is 2.10. The summed E-state index contributed by atoms with van der Waals surface area (Å²) in [7, 11) is 0. The van der Waals surface area contributed by atoms with E-state index in [2.05, 4.69) is 16.0 Å². The van der Waals surface area contributed by atoms with Gasteiger partial charge < -0.3 is 16.0 Å². The molecule has 0 aliphatic carbocycles. The maximum absolute atomic E-state index is 12.1. The standard InChI is InChI=1S/C19H21N3O3/c1-2-17(23)20-12-13-21-18(24)15-8-10-16(11-9-15)22-19(25)14-6-4-3-5-7-14/h3-11H,2,12-13H2,1H3,(H,20,23)(H,21,24)(H,22,25). The van der Waals surface area contributed by atoms with E-state index in [1.165, 1.54) is 0 Å². The normalized spacial score (nSPS) is 9.96. The SMILES string of the molecule is CCC(=O)NCCNC(=O)c1ccc(NC(=O)c2ccccc2)cc1. The van der Waals surface area contributed by atoms with Gasteiger partial charge >= 0.3 is 0 Å². The molecule has 0 aromatic heterocycles. The third-order valence-electron chi connectivity index (χ3n) is 3.49. The van der Waals surface area contributed by atoms with Gasteiger partial charge in [0.2, 0.25) is 5.91 Å². The highest BCUT2D eigenvalue weighted by Gasteiger charge is 2.07. The van der Waals surface area contributed by atoms with Gasteiger partial charge in [0.1, 0.15) is 0 Å². The number of benzene rings is 2. The van der Waals surface area contributed by atoms with Crippen molar-refractivity contribution in [3.63, 3.8) is 0 Å². The number of carbonyl (C=O) groups excluding carboxylic acids is 3. The summed E-state index contributed by atoms with van der Waals surface area (Å²) < 4.78 is 0. The molecule has 3 N–H and O–H groups in total. The maximum Gasteiger partial charge on any atom is 0.255 e. The molecule has 0 aliphatic heterocycles. The van der Waals surface area contributed by atoms with Crippen molar-refractivity contribution in [2.75, 3.05) is 18.4 Å². The van der Waals surface area contributed by atoms with Gasteiger partial charge in [-0.05, 0) is 36.4 Å². The van der Waals surface area contributed by atoms with Crippen molar-refractivity contribution < 1.29 is 14.4 Å². The Morgan fingerprint density at radius 1 is 0.760 bits per heavy atom. The van der Waals surface area contributed by atoms with Gasteiger partial charge in [0.05, 0.1) is 0 Å². The Morgan fingerprint density at radius 2 is 1.36 bits per heavy atom. The van der Waals surface area contributed by atoms with Gasteiger partial charge in [-0.25, -0.2) is 0 Å². The number of hydrogen-bond acceptors (Lipinski definition) is 3. The zero-order valence-corrected chi connectivity index (χ0v) is 14.0. The van der Waals surface area contributed by atoms with Crippen LogP contribution in [0.4, 0.5) is 5.69 Å². The summed E-state index contributed by atoms with van der Waals surface area (Å²) in [5.74, 6) is -0.482. The Morgan fingerprint density at radius 3 is 2.00 bits per heavy atom. The minimum absolute atomic E-state index is 0.0484. The van der Waals surface area contributed by atoms with Gasteiger partial charge in [0.15, 0.2) is 0 Å². The molecule has 3 amide bonds. The highest BCUT2D eigenvalue weighted by atomic mass is 16.2. The van der Waals surface area contributed by atoms with Crippen LogP contribution >= 0.6 is 0 Å². The third-order valence-corrected chi connectivity index (χ3v) is 3.49. The molecule has 0 saturated heterocycles. The number of carbonyl (C=O) groups is 3. The van der Waals surface area contributed by atoms with Crippen LogP contribution in [0.25, 0.3) is 0 Å². The number of rotatable bonds is 7. The van der Waals surface area contributed by atoms with E-state index in [1.807, 2.05) is 6.07 Å². The van der Waals surface area contributed by atoms with Crippen molar-refractivity contribution in [2.45, 2.75) is 13.3 Å². The number of hydrogen-bond donors (Lipinski definition) is 3. The summed E-state index contributed by atoms with van der Waals surface area (Å²) in [4.78, 5) is 35.2. The molecule has 25 heavy (non-hydrogen) atoms. The number of nitrogens with one attached hydrogen (secondary N) is 3. The fourth-order valence-electron chi connectivity index (χ4n) is 2.10. The summed E-state index contributed by atoms with van der Waals surface area (Å²) in [6.45, 7) is 2.52. The van der Waals surface area contributed by atoms with E-state index in [0.29, 0.717) is 36.3 Å². The third kappa shape index (κ3) is 5.76. The van der Waals surface area contributed by atoms with E-state index in [0.717, 1.165) is 0 Å². The highest BCUT2D eigenvalue weighted by molar-refractivity contribution is 6.04. The number of anilines is 1. The predicted octanol–water partition coefficient (Wildman–Crippen LogP) is 2.19. The number of amides is 3. The van der Waals surface area contributed by atoms with E-state index in [-0.39, 0.29) is 17.7 Å². The van der Waals surface area contributed by atoms with Crippen LogP contribution in [0.2, 0.25) is 0 Å². The minimum Gasteiger partial charge on any atom is -0.354 e. The zero-order chi connectivity index (χ0) is 18.1. The predicted molar refractivity (Wildman–Crippen MR) is 96.5 cm³/mol. The van der Waals surface area contributed by atoms with Gasteiger partial charge in [-0.15, -0.1) is 0 Å². The van der Waals surface area contributed by atoms with Crippen LogP contribution in [0.3, 0.4) is 0 Å². The molecule has 2 aromatic carbocycles. The molecular weight excluding hydrogens is 318 g/mol. The van der Waals surface area contributed by atoms with Crippen molar-refractivity contribution in [2.24, 2.45) is 0 Å². The van der Waals surface area contributed by atoms with Crippen molar-refractivity contribution in [3.05, 3.63) is 65.7 Å². The largest absolute Gasteiger partial charge is 0.354 e. The van der Waals surface area contributed by atoms with E-state index in [9.17, 15) is 14.4 Å². The molecule has 6 heteroatoms. The van der Waals surface area contributed by atoms with Crippen LogP contribution in [0.1, 0.15) is 34.1 Å². The summed E-state index contributed by atoms with van der Waals surface area (Å²) >= 11 is 0. The average molecular weight is 339 g/mol. The lowest BCUT2D eigenvalue weighted by Crippen LogP contribution is -2.34. The Bertz CT molecular complexity index is 727. The Hall–Kier alpha value is -3.15. The van der Waals surface area contributed by atoms with Crippen molar-refractivity contribution in [1.29, 1.82) is 0 Å². The van der Waals surface area contributed by atoms with Crippen LogP contribution in [-0.2, 0) is 4.79 Å². The fraction of sp³-hybridized carbons (Fsp3) is 0.211. The Kier molecular flexibility index (Phi) is 6.71. The molecule has 0 aliphatic rings. The van der Waals surface area contributed by atoms with Crippen LogP contribution in [0.5, 0.6) is 0 Å². The van der Waals surface area contributed by atoms with Crippen LogP contribution in [0.15, 0.2) is 54.6 Å². The molecule has 6 nitrogen and oxygen atoms in total. The van der Waals surface area contributed by atoms with Crippen molar-refractivity contribution in [1.82, 2.24) is 10.6 Å². The van der Waals surface area contributed by atoms with Crippen LogP contribution in [-0.4, -0.2) is 30.8 Å². The first-order valence-corrected chi connectivity index (χ1v) is 8.11. The second-order valence-electron chi connectivity index (χ2n) is 5.36. The highest BCUT2D eigenvalue weighted by Crippen LogP contribution is 2.11. The molecule has 0 saturated carbocycles. The first kappa shape index (κ1) is 18.2. The smallest absolute Gasteiger partial charge is 0.255 e. The molecule has 0 heterocycles. The molecule has 0 spiro atoms. The van der Waals surface area contributed by atoms with Gasteiger partial charge in [-0.3, -0.25) is 14.4 Å². The monoisotopic (exact) mass is 339 g/mol. The van der Waals surface area contributed by atoms with Gasteiger partial charge in [0.25, 0.3) is 11.8 Å². The van der Waals surface area contributed by atoms with Crippen molar-refractivity contribution in [3.8, 4) is 0 Å². The Labute approximate surface area is 146 Å². The molecule has 0 fully saturated rings. The first-order chi connectivity index (χ1) is 12.1.